The van der Waals surface area contributed by atoms with E-state index in [2.05, 4.69) is 10.1 Å². The fraction of sp³-hybridized carbons (Fsp3) is 0.237. The van der Waals surface area contributed by atoms with Gasteiger partial charge in [-0.2, -0.15) is 0 Å². The summed E-state index contributed by atoms with van der Waals surface area (Å²) in [5.41, 5.74) is 8.21. The van der Waals surface area contributed by atoms with E-state index in [0.29, 0.717) is 68.7 Å². The van der Waals surface area contributed by atoms with E-state index in [4.69, 9.17) is 29.3 Å². The van der Waals surface area contributed by atoms with Gasteiger partial charge in [-0.25, -0.2) is 15.1 Å². The van der Waals surface area contributed by atoms with Crippen molar-refractivity contribution in [3.8, 4) is 17.2 Å². The Balaban J connectivity index is 0.000000184. The molecule has 0 bridgehead atoms. The van der Waals surface area contributed by atoms with Crippen LogP contribution >= 0.6 is 0 Å². The molecule has 9 rings (SSSR count). The van der Waals surface area contributed by atoms with Gasteiger partial charge in [0.05, 0.1) is 62.1 Å². The Morgan fingerprint density at radius 3 is 1.24 bits per heavy atom. The Morgan fingerprint density at radius 2 is 0.854 bits per heavy atom. The number of nitrogens with zero attached hydrogens (tertiary/aromatic N) is 5. The third-order valence-electron chi connectivity index (χ3n) is 12.3. The van der Waals surface area contributed by atoms with E-state index in [1.54, 1.807) is 150 Å². The normalized spacial score (nSPS) is 12.5. The van der Waals surface area contributed by atoms with Crippen molar-refractivity contribution in [2.24, 2.45) is 0 Å². The fourth-order valence-corrected chi connectivity index (χ4v) is 7.93. The molecule has 6 aromatic carbocycles. The molecule has 23 heteroatoms. The number of carbonyl (C=O) groups is 9. The zero-order valence-corrected chi connectivity index (χ0v) is 46.2. The molecule has 0 fully saturated rings. The molecule has 428 valence electrons. The van der Waals surface area contributed by atoms with E-state index in [0.717, 1.165) is 16.7 Å². The monoisotopic (exact) mass is 1120 g/mol. The van der Waals surface area contributed by atoms with E-state index >= 15 is 0 Å². The van der Waals surface area contributed by atoms with Crippen LogP contribution in [0.15, 0.2) is 127 Å². The maximum atomic E-state index is 12.4. The van der Waals surface area contributed by atoms with Crippen LogP contribution in [-0.2, 0) is 43.6 Å². The van der Waals surface area contributed by atoms with Gasteiger partial charge in [0.25, 0.3) is 41.4 Å². The Labute approximate surface area is 472 Å². The van der Waals surface area contributed by atoms with Crippen LogP contribution in [0.3, 0.4) is 0 Å². The first-order chi connectivity index (χ1) is 39.2. The zero-order chi connectivity index (χ0) is 59.8. The lowest BCUT2D eigenvalue weighted by atomic mass is 10.1. The van der Waals surface area contributed by atoms with Gasteiger partial charge in [0, 0.05) is 64.5 Å². The van der Waals surface area contributed by atoms with Crippen LogP contribution in [0.25, 0.3) is 0 Å². The van der Waals surface area contributed by atoms with Crippen molar-refractivity contribution < 1.29 is 77.1 Å². The molecular formula is C59H61N7O16. The molecule has 0 aliphatic carbocycles. The van der Waals surface area contributed by atoms with E-state index in [-0.39, 0.29) is 74.0 Å². The number of esters is 2. The van der Waals surface area contributed by atoms with Gasteiger partial charge < -0.3 is 58.6 Å². The van der Waals surface area contributed by atoms with E-state index < -0.39 is 17.8 Å². The minimum Gasteiger partial charge on any atom is -0.482 e. The summed E-state index contributed by atoms with van der Waals surface area (Å²) < 4.78 is 25.3. The van der Waals surface area contributed by atoms with Crippen LogP contribution in [0.2, 0.25) is 0 Å². The number of aliphatic hydroxyl groups excluding tert-OH is 1. The first kappa shape index (κ1) is 61.1. The van der Waals surface area contributed by atoms with Crippen LogP contribution in [0.5, 0.6) is 17.2 Å². The predicted molar refractivity (Wildman–Crippen MR) is 298 cm³/mol. The molecular weight excluding hydrogens is 1060 g/mol. The second-order valence-electron chi connectivity index (χ2n) is 18.7. The van der Waals surface area contributed by atoms with Gasteiger partial charge in [-0.1, -0.05) is 36.4 Å². The number of anilines is 3. The highest BCUT2D eigenvalue weighted by molar-refractivity contribution is 6.03. The third kappa shape index (κ3) is 15.6. The molecule has 0 unspecified atom stereocenters. The molecule has 0 saturated carbocycles. The molecule has 0 aromatic heterocycles. The Morgan fingerprint density at radius 1 is 0.500 bits per heavy atom. The van der Waals surface area contributed by atoms with Crippen molar-refractivity contribution in [2.45, 2.75) is 19.7 Å². The summed E-state index contributed by atoms with van der Waals surface area (Å²) in [6, 6.07) is 35.1. The van der Waals surface area contributed by atoms with E-state index in [1.807, 2.05) is 12.1 Å². The lowest BCUT2D eigenvalue weighted by Gasteiger charge is -2.29. The summed E-state index contributed by atoms with van der Waals surface area (Å²) in [6.07, 6.45) is 0. The first-order valence-corrected chi connectivity index (χ1v) is 25.0. The highest BCUT2D eigenvalue weighted by Crippen LogP contribution is 2.36. The Kier molecular flexibility index (Phi) is 21.0. The maximum absolute atomic E-state index is 12.4. The highest BCUT2D eigenvalue weighted by atomic mass is 16.5. The average molecular weight is 1120 g/mol. The smallest absolute Gasteiger partial charge is 0.337 e. The summed E-state index contributed by atoms with van der Waals surface area (Å²) in [4.78, 5) is 113. The molecule has 3 aliphatic rings. The van der Waals surface area contributed by atoms with Crippen LogP contribution in [0, 0.1) is 0 Å². The Bertz CT molecular complexity index is 3200. The lowest BCUT2D eigenvalue weighted by Crippen LogP contribution is -2.38. The molecule has 0 saturated heterocycles. The lowest BCUT2D eigenvalue weighted by molar-refractivity contribution is -0.122. The van der Waals surface area contributed by atoms with Crippen molar-refractivity contribution in [3.05, 3.63) is 177 Å². The molecule has 0 radical (unpaired) electrons. The number of amides is 7. The molecule has 3 heterocycles. The summed E-state index contributed by atoms with van der Waals surface area (Å²) in [7, 11) is 12.8. The quantitative estimate of drug-likeness (QED) is 0.0735. The van der Waals surface area contributed by atoms with Crippen LogP contribution in [0.1, 0.15) is 78.8 Å². The van der Waals surface area contributed by atoms with Crippen molar-refractivity contribution in [2.75, 3.05) is 91.4 Å². The molecule has 4 N–H and O–H groups in total. The van der Waals surface area contributed by atoms with Crippen molar-refractivity contribution in [1.29, 1.82) is 0 Å². The molecule has 82 heavy (non-hydrogen) atoms. The van der Waals surface area contributed by atoms with Gasteiger partial charge in [0.1, 0.15) is 17.2 Å². The van der Waals surface area contributed by atoms with E-state index in [1.165, 1.54) is 52.0 Å². The van der Waals surface area contributed by atoms with Crippen molar-refractivity contribution >= 4 is 70.4 Å². The van der Waals surface area contributed by atoms with Gasteiger partial charge in [0.2, 0.25) is 0 Å². The van der Waals surface area contributed by atoms with Crippen LogP contribution in [-0.4, -0.2) is 155 Å². The Hall–Kier alpha value is -10.1. The van der Waals surface area contributed by atoms with Gasteiger partial charge in [-0.3, -0.25) is 38.8 Å². The number of aliphatic hydroxyl groups is 1. The molecule has 6 aromatic rings. The van der Waals surface area contributed by atoms with Crippen molar-refractivity contribution in [1.82, 2.24) is 20.2 Å². The standard InChI is InChI=1S/C20H20N2O5.C19H19N3O5.C10H9NO4.C10H13NO2/c1-21(2)19(24)14-6-4-13(5-7-14)11-22-16-10-15(20(25)26-3)8-9-17(16)27-12-18(22)23;1-21(2)19(25)13-5-3-12(4-6-13)10-22-15-9-14(18(24)20-26)7-8-16(15)27-11-17(22)23;1-14-10(13)6-2-3-8-7(4-6)11-9(12)5-15-8;1-11(2)10(13)9-5-3-8(7-12)4-6-9/h4-10H,11-12H2,1-3H3;3-9,26H,10-11H2,1-2H3,(H,20,24);2-4H,5H2,1H3,(H,11,12);3-6,12H,7H2,1-2H3. The number of methoxy groups -OCH3 is 2. The topological polar surface area (TPSA) is 280 Å². The second kappa shape index (κ2) is 28.1. The molecule has 23 nitrogen and oxygen atoms in total. The zero-order valence-electron chi connectivity index (χ0n) is 46.2. The van der Waals surface area contributed by atoms with Gasteiger partial charge in [-0.05, 0) is 108 Å². The molecule has 3 aliphatic heterocycles. The van der Waals surface area contributed by atoms with E-state index in [9.17, 15) is 43.2 Å². The number of ether oxygens (including phenoxy) is 5. The first-order valence-electron chi connectivity index (χ1n) is 25.0. The summed E-state index contributed by atoms with van der Waals surface area (Å²) in [6.45, 7) is 0.407. The van der Waals surface area contributed by atoms with Gasteiger partial charge >= 0.3 is 11.9 Å². The molecule has 0 atom stereocenters. The molecule has 7 amide bonds. The minimum atomic E-state index is -0.678. The van der Waals surface area contributed by atoms with Gasteiger partial charge in [-0.15, -0.1) is 0 Å². The largest absolute Gasteiger partial charge is 0.482 e. The fourth-order valence-electron chi connectivity index (χ4n) is 7.93. The number of fused-ring (bicyclic) bond motifs is 3. The number of nitrogens with one attached hydrogen (secondary N) is 2. The number of hydrogen-bond acceptors (Lipinski definition) is 16. The summed E-state index contributed by atoms with van der Waals surface area (Å²) >= 11 is 0. The number of rotatable bonds is 11. The van der Waals surface area contributed by atoms with Crippen LogP contribution in [0.4, 0.5) is 17.1 Å². The number of hydroxylamine groups is 1. The third-order valence-corrected chi connectivity index (χ3v) is 12.3. The SMILES string of the molecule is CN(C)C(=O)c1ccc(CN2C(=O)COc3ccc(C(=O)NO)cc32)cc1.CN(C)C(=O)c1ccc(CO)cc1.COC(=O)c1ccc2c(c1)N(Cc1ccc(C(=O)N(C)C)cc1)C(=O)CO2.COC(=O)c1ccc2c(c1)NC(=O)CO2. The minimum absolute atomic E-state index is 0.00453. The van der Waals surface area contributed by atoms with Gasteiger partial charge in [0.15, 0.2) is 19.8 Å². The summed E-state index contributed by atoms with van der Waals surface area (Å²) in [5.74, 6) is -0.954. The highest BCUT2D eigenvalue weighted by Gasteiger charge is 2.29. The maximum Gasteiger partial charge on any atom is 0.337 e. The number of benzene rings is 6. The summed E-state index contributed by atoms with van der Waals surface area (Å²) in [5, 5.41) is 20.2. The number of hydrogen-bond donors (Lipinski definition) is 4. The number of carbonyl (C=O) groups excluding carboxylic acids is 9. The van der Waals surface area contributed by atoms with Crippen LogP contribution < -0.4 is 34.8 Å². The second-order valence-corrected chi connectivity index (χ2v) is 18.7. The predicted octanol–water partition coefficient (Wildman–Crippen LogP) is 5.22. The average Bonchev–Trinajstić information content (AvgIpc) is 3.53. The molecule has 0 spiro atoms. The van der Waals surface area contributed by atoms with Crippen molar-refractivity contribution in [3.63, 3.8) is 0 Å².